The van der Waals surface area contributed by atoms with Gasteiger partial charge in [0.25, 0.3) is 11.8 Å². The number of aromatic nitrogens is 4. The molecule has 1 aromatic carbocycles. The van der Waals surface area contributed by atoms with Gasteiger partial charge in [0.05, 0.1) is 27.8 Å². The quantitative estimate of drug-likeness (QED) is 0.349. The number of amides is 4. The lowest BCUT2D eigenvalue weighted by Crippen LogP contribution is -2.54. The highest BCUT2D eigenvalue weighted by atomic mass is 16.2. The van der Waals surface area contributed by atoms with Crippen LogP contribution in [0.2, 0.25) is 0 Å². The van der Waals surface area contributed by atoms with Gasteiger partial charge in [-0.25, -0.2) is 15.0 Å². The van der Waals surface area contributed by atoms with E-state index >= 15 is 0 Å². The number of nitrogens with zero attached hydrogens (tertiary/aromatic N) is 6. The van der Waals surface area contributed by atoms with Crippen molar-refractivity contribution in [1.82, 2.24) is 30.2 Å². The van der Waals surface area contributed by atoms with E-state index in [9.17, 15) is 19.2 Å². The highest BCUT2D eigenvalue weighted by Crippen LogP contribution is 2.36. The van der Waals surface area contributed by atoms with Crippen molar-refractivity contribution in [3.63, 3.8) is 0 Å². The fraction of sp³-hybridized carbons (Fsp3) is 0.300. The molecule has 2 N–H and O–H groups in total. The number of rotatable bonds is 5. The van der Waals surface area contributed by atoms with Crippen LogP contribution < -0.4 is 15.1 Å². The number of carbonyl (C=O) groups excluding carboxylic acids is 4. The standard InChI is InChI=1S/C30H28N8O4/c1-36(24-7-5-21-27(34-24)20(15-33-21)17-13-31-16-32-14-17)18-9-11-37(12-10-18)22-4-2-3-19-26(22)30(42)38(29(19)41)23-6-8-25(39)35-28(23)40/h2-5,7,13-16,18,23,33H,6,8-12H2,1H3,(H,35,39,40). The number of H-pyrrole nitrogens is 1. The van der Waals surface area contributed by atoms with Gasteiger partial charge in [0.15, 0.2) is 0 Å². The molecule has 4 amide bonds. The first-order valence-electron chi connectivity index (χ1n) is 14.0. The molecular weight excluding hydrogens is 536 g/mol. The van der Waals surface area contributed by atoms with Crippen LogP contribution in [0.3, 0.4) is 0 Å². The number of imide groups is 2. The topological polar surface area (TPSA) is 144 Å². The third-order valence-corrected chi connectivity index (χ3v) is 8.54. The number of hydrogen-bond donors (Lipinski definition) is 2. The van der Waals surface area contributed by atoms with Crippen molar-refractivity contribution >= 4 is 46.2 Å². The van der Waals surface area contributed by atoms with Gasteiger partial charge in [0.2, 0.25) is 11.8 Å². The summed E-state index contributed by atoms with van der Waals surface area (Å²) in [5, 5.41) is 2.25. The molecule has 0 aliphatic carbocycles. The summed E-state index contributed by atoms with van der Waals surface area (Å²) in [6, 6.07) is 8.54. The lowest BCUT2D eigenvalue weighted by molar-refractivity contribution is -0.136. The minimum Gasteiger partial charge on any atom is -0.371 e. The number of aromatic amines is 1. The van der Waals surface area contributed by atoms with E-state index in [4.69, 9.17) is 4.98 Å². The average Bonchev–Trinajstić information content (AvgIpc) is 3.55. The van der Waals surface area contributed by atoms with Crippen LogP contribution in [-0.4, -0.2) is 80.7 Å². The molecule has 4 aromatic rings. The zero-order valence-corrected chi connectivity index (χ0v) is 22.9. The maximum Gasteiger partial charge on any atom is 0.264 e. The third kappa shape index (κ3) is 4.18. The molecule has 3 aromatic heterocycles. The van der Waals surface area contributed by atoms with E-state index in [2.05, 4.69) is 30.1 Å². The fourth-order valence-electron chi connectivity index (χ4n) is 6.29. The van der Waals surface area contributed by atoms with Gasteiger partial charge in [-0.2, -0.15) is 0 Å². The first-order chi connectivity index (χ1) is 20.4. The Morgan fingerprint density at radius 2 is 1.71 bits per heavy atom. The van der Waals surface area contributed by atoms with Gasteiger partial charge in [0, 0.05) is 62.3 Å². The molecule has 1 unspecified atom stereocenters. The molecule has 1 atom stereocenters. The van der Waals surface area contributed by atoms with Gasteiger partial charge in [-0.05, 0) is 43.5 Å². The van der Waals surface area contributed by atoms with Crippen molar-refractivity contribution in [2.24, 2.45) is 0 Å². The number of pyridine rings is 1. The molecule has 6 heterocycles. The zero-order valence-electron chi connectivity index (χ0n) is 22.9. The van der Waals surface area contributed by atoms with Crippen molar-refractivity contribution in [3.8, 4) is 11.1 Å². The van der Waals surface area contributed by atoms with Crippen molar-refractivity contribution in [1.29, 1.82) is 0 Å². The average molecular weight is 565 g/mol. The fourth-order valence-corrected chi connectivity index (χ4v) is 6.29. The molecule has 42 heavy (non-hydrogen) atoms. The van der Waals surface area contributed by atoms with Crippen LogP contribution in [0.1, 0.15) is 46.4 Å². The monoisotopic (exact) mass is 564 g/mol. The predicted octanol–water partition coefficient (Wildman–Crippen LogP) is 2.53. The maximum absolute atomic E-state index is 13.6. The Hall–Kier alpha value is -5.13. The molecule has 7 rings (SSSR count). The summed E-state index contributed by atoms with van der Waals surface area (Å²) >= 11 is 0. The van der Waals surface area contributed by atoms with Gasteiger partial charge in [-0.15, -0.1) is 0 Å². The number of anilines is 2. The van der Waals surface area contributed by atoms with E-state index in [1.54, 1.807) is 24.5 Å². The predicted molar refractivity (Wildman–Crippen MR) is 154 cm³/mol. The van der Waals surface area contributed by atoms with E-state index in [1.807, 2.05) is 31.4 Å². The van der Waals surface area contributed by atoms with Crippen LogP contribution in [0.5, 0.6) is 0 Å². The molecule has 3 aliphatic rings. The lowest BCUT2D eigenvalue weighted by Gasteiger charge is -2.38. The van der Waals surface area contributed by atoms with Crippen molar-refractivity contribution < 1.29 is 19.2 Å². The highest BCUT2D eigenvalue weighted by molar-refractivity contribution is 6.25. The van der Waals surface area contributed by atoms with Crippen LogP contribution in [0, 0.1) is 0 Å². The number of fused-ring (bicyclic) bond motifs is 2. The third-order valence-electron chi connectivity index (χ3n) is 8.54. The van der Waals surface area contributed by atoms with Crippen LogP contribution in [0.4, 0.5) is 11.5 Å². The number of benzene rings is 1. The van der Waals surface area contributed by atoms with Gasteiger partial charge in [-0.1, -0.05) is 6.07 Å². The van der Waals surface area contributed by atoms with Crippen molar-refractivity contribution in [2.45, 2.75) is 37.8 Å². The first kappa shape index (κ1) is 25.8. The molecule has 12 heteroatoms. The summed E-state index contributed by atoms with van der Waals surface area (Å²) in [7, 11) is 2.05. The Morgan fingerprint density at radius 3 is 2.48 bits per heavy atom. The molecular formula is C30H28N8O4. The van der Waals surface area contributed by atoms with E-state index < -0.39 is 29.7 Å². The molecule has 0 radical (unpaired) electrons. The SMILES string of the molecule is CN(c1ccc2[nH]cc(-c3cncnc3)c2n1)C1CCN(c2cccc3c2C(=O)N(C2CCC(=O)NC2=O)C3=O)CC1. The second-order valence-corrected chi connectivity index (χ2v) is 10.9. The zero-order chi connectivity index (χ0) is 29.0. The molecule has 0 saturated carbocycles. The number of piperidine rings is 2. The normalized spacial score (nSPS) is 19.4. The Morgan fingerprint density at radius 1 is 0.929 bits per heavy atom. The van der Waals surface area contributed by atoms with Crippen LogP contribution in [0.25, 0.3) is 22.2 Å². The van der Waals surface area contributed by atoms with E-state index in [-0.39, 0.29) is 18.9 Å². The van der Waals surface area contributed by atoms with E-state index in [0.29, 0.717) is 29.9 Å². The maximum atomic E-state index is 13.6. The summed E-state index contributed by atoms with van der Waals surface area (Å²) in [5.41, 5.74) is 4.95. The minimum absolute atomic E-state index is 0.0888. The van der Waals surface area contributed by atoms with Crippen LogP contribution in [0.15, 0.2) is 55.2 Å². The number of carbonyl (C=O) groups is 4. The summed E-state index contributed by atoms with van der Waals surface area (Å²) in [4.78, 5) is 72.8. The molecule has 0 spiro atoms. The van der Waals surface area contributed by atoms with Crippen LogP contribution in [-0.2, 0) is 9.59 Å². The molecule has 2 fully saturated rings. The lowest BCUT2D eigenvalue weighted by atomic mass is 10.00. The molecule has 0 bridgehead atoms. The number of nitrogens with one attached hydrogen (secondary N) is 2. The molecule has 212 valence electrons. The van der Waals surface area contributed by atoms with Gasteiger partial charge >= 0.3 is 0 Å². The molecule has 3 aliphatic heterocycles. The van der Waals surface area contributed by atoms with Gasteiger partial charge in [0.1, 0.15) is 18.2 Å². The highest BCUT2D eigenvalue weighted by Gasteiger charge is 2.46. The second-order valence-electron chi connectivity index (χ2n) is 10.9. The van der Waals surface area contributed by atoms with Crippen molar-refractivity contribution in [3.05, 3.63) is 66.4 Å². The van der Waals surface area contributed by atoms with E-state index in [0.717, 1.165) is 45.7 Å². The largest absolute Gasteiger partial charge is 0.371 e. The molecule has 2 saturated heterocycles. The smallest absolute Gasteiger partial charge is 0.264 e. The minimum atomic E-state index is -0.984. The summed E-state index contributed by atoms with van der Waals surface area (Å²) < 4.78 is 0. The molecule has 12 nitrogen and oxygen atoms in total. The van der Waals surface area contributed by atoms with Crippen LogP contribution >= 0.6 is 0 Å². The Kier molecular flexibility index (Phi) is 6.18. The summed E-state index contributed by atoms with van der Waals surface area (Å²) in [5.74, 6) is -1.12. The second kappa shape index (κ2) is 10.1. The summed E-state index contributed by atoms with van der Waals surface area (Å²) in [6.45, 7) is 1.37. The number of hydrogen-bond acceptors (Lipinski definition) is 9. The Labute approximate surface area is 240 Å². The first-order valence-corrected chi connectivity index (χ1v) is 14.0. The van der Waals surface area contributed by atoms with Crippen molar-refractivity contribution in [2.75, 3.05) is 29.9 Å². The van der Waals surface area contributed by atoms with E-state index in [1.165, 1.54) is 6.33 Å². The Balaban J connectivity index is 1.09. The van der Waals surface area contributed by atoms with Gasteiger partial charge < -0.3 is 14.8 Å². The Bertz CT molecular complexity index is 1740. The van der Waals surface area contributed by atoms with Gasteiger partial charge in [-0.3, -0.25) is 29.4 Å². The summed E-state index contributed by atoms with van der Waals surface area (Å²) in [6.07, 6.45) is 8.83.